The number of benzene rings is 1. The van der Waals surface area contributed by atoms with Crippen molar-refractivity contribution in [3.05, 3.63) is 41.5 Å². The molecule has 1 saturated heterocycles. The van der Waals surface area contributed by atoms with Gasteiger partial charge in [-0.3, -0.25) is 4.79 Å². The molecule has 2 aliphatic heterocycles. The Morgan fingerprint density at radius 2 is 2.04 bits per heavy atom. The lowest BCUT2D eigenvalue weighted by molar-refractivity contribution is -0.130. The average molecular weight is 326 g/mol. The molecule has 0 atom stereocenters. The normalized spacial score (nSPS) is 18.0. The second-order valence-electron chi connectivity index (χ2n) is 6.64. The van der Waals surface area contributed by atoms with Crippen molar-refractivity contribution >= 4 is 11.6 Å². The number of carbonyl (C=O) groups excluding carboxylic acids is 1. The van der Waals surface area contributed by atoms with Gasteiger partial charge in [-0.25, -0.2) is 0 Å². The molecule has 2 aromatic rings. The van der Waals surface area contributed by atoms with E-state index in [1.54, 1.807) is 0 Å². The Balaban J connectivity index is 1.34. The SMILES string of the molecule is Cc1noc(C2CCN(C(=O)CN3CCc4ccccc43)CC2)n1. The van der Waals surface area contributed by atoms with Crippen molar-refractivity contribution in [1.29, 1.82) is 0 Å². The van der Waals surface area contributed by atoms with E-state index in [9.17, 15) is 4.79 Å². The fourth-order valence-corrected chi connectivity index (χ4v) is 3.69. The van der Waals surface area contributed by atoms with Gasteiger partial charge < -0.3 is 14.3 Å². The highest BCUT2D eigenvalue weighted by Crippen LogP contribution is 2.29. The second-order valence-corrected chi connectivity index (χ2v) is 6.64. The van der Waals surface area contributed by atoms with Gasteiger partial charge in [0.1, 0.15) is 0 Å². The number of hydrogen-bond acceptors (Lipinski definition) is 5. The van der Waals surface area contributed by atoms with Crippen molar-refractivity contribution in [3.8, 4) is 0 Å². The molecule has 0 bridgehead atoms. The van der Waals surface area contributed by atoms with E-state index in [1.165, 1.54) is 11.3 Å². The summed E-state index contributed by atoms with van der Waals surface area (Å²) in [5.41, 5.74) is 2.55. The monoisotopic (exact) mass is 326 g/mol. The van der Waals surface area contributed by atoms with E-state index in [2.05, 4.69) is 33.2 Å². The zero-order valence-corrected chi connectivity index (χ0v) is 13.9. The van der Waals surface area contributed by atoms with Crippen LogP contribution in [0.4, 0.5) is 5.69 Å². The van der Waals surface area contributed by atoms with Crippen LogP contribution in [0.1, 0.15) is 36.0 Å². The minimum absolute atomic E-state index is 0.215. The third-order valence-corrected chi connectivity index (χ3v) is 5.05. The molecule has 0 aliphatic carbocycles. The topological polar surface area (TPSA) is 62.5 Å². The van der Waals surface area contributed by atoms with Crippen LogP contribution >= 0.6 is 0 Å². The van der Waals surface area contributed by atoms with E-state index in [4.69, 9.17) is 4.52 Å². The zero-order chi connectivity index (χ0) is 16.5. The highest BCUT2D eigenvalue weighted by molar-refractivity contribution is 5.82. The summed E-state index contributed by atoms with van der Waals surface area (Å²) in [6.07, 6.45) is 2.82. The van der Waals surface area contributed by atoms with E-state index in [0.717, 1.165) is 38.9 Å². The van der Waals surface area contributed by atoms with Gasteiger partial charge in [0, 0.05) is 31.2 Å². The lowest BCUT2D eigenvalue weighted by Gasteiger charge is -2.32. The minimum atomic E-state index is 0.215. The molecule has 1 aromatic carbocycles. The summed E-state index contributed by atoms with van der Waals surface area (Å²) in [6.45, 7) is 4.77. The second kappa shape index (κ2) is 6.26. The molecule has 24 heavy (non-hydrogen) atoms. The molecule has 2 aliphatic rings. The van der Waals surface area contributed by atoms with Crippen LogP contribution in [0.3, 0.4) is 0 Å². The van der Waals surface area contributed by atoms with Crippen molar-refractivity contribution in [2.24, 2.45) is 0 Å². The highest BCUT2D eigenvalue weighted by atomic mass is 16.5. The standard InChI is InChI=1S/C18H22N4O2/c1-13-19-18(24-20-13)15-7-9-21(10-8-15)17(23)12-22-11-6-14-4-2-3-5-16(14)22/h2-5,15H,6-12H2,1H3. The molecule has 0 spiro atoms. The molecule has 0 unspecified atom stereocenters. The third kappa shape index (κ3) is 2.88. The van der Waals surface area contributed by atoms with Gasteiger partial charge in [0.15, 0.2) is 5.82 Å². The number of hydrogen-bond donors (Lipinski definition) is 0. The number of amides is 1. The van der Waals surface area contributed by atoms with E-state index >= 15 is 0 Å². The Hall–Kier alpha value is -2.37. The van der Waals surface area contributed by atoms with Gasteiger partial charge in [-0.05, 0) is 37.8 Å². The first kappa shape index (κ1) is 15.2. The largest absolute Gasteiger partial charge is 0.362 e. The van der Waals surface area contributed by atoms with Crippen LogP contribution < -0.4 is 4.90 Å². The van der Waals surface area contributed by atoms with Crippen LogP contribution in [0.15, 0.2) is 28.8 Å². The van der Waals surface area contributed by atoms with Crippen molar-refractivity contribution in [3.63, 3.8) is 0 Å². The van der Waals surface area contributed by atoms with Crippen molar-refractivity contribution in [1.82, 2.24) is 15.0 Å². The smallest absolute Gasteiger partial charge is 0.242 e. The molecule has 6 heteroatoms. The third-order valence-electron chi connectivity index (χ3n) is 5.05. The van der Waals surface area contributed by atoms with Gasteiger partial charge >= 0.3 is 0 Å². The lowest BCUT2D eigenvalue weighted by Crippen LogP contribution is -2.43. The number of piperidine rings is 1. The zero-order valence-electron chi connectivity index (χ0n) is 13.9. The maximum atomic E-state index is 12.6. The Labute approximate surface area is 141 Å². The number of likely N-dealkylation sites (tertiary alicyclic amines) is 1. The van der Waals surface area contributed by atoms with Crippen LogP contribution in [0.2, 0.25) is 0 Å². The van der Waals surface area contributed by atoms with Crippen molar-refractivity contribution in [2.75, 3.05) is 31.1 Å². The summed E-state index contributed by atoms with van der Waals surface area (Å²) in [7, 11) is 0. The van der Waals surface area contributed by atoms with Gasteiger partial charge in [-0.15, -0.1) is 0 Å². The molecule has 1 amide bonds. The Bertz CT molecular complexity index is 734. The van der Waals surface area contributed by atoms with E-state index in [0.29, 0.717) is 18.3 Å². The quantitative estimate of drug-likeness (QED) is 0.865. The molecule has 1 fully saturated rings. The van der Waals surface area contributed by atoms with Gasteiger partial charge in [0.25, 0.3) is 0 Å². The Kier molecular flexibility index (Phi) is 3.96. The molecule has 126 valence electrons. The minimum Gasteiger partial charge on any atom is -0.362 e. The molecule has 6 nitrogen and oxygen atoms in total. The number of para-hydroxylation sites is 1. The van der Waals surface area contributed by atoms with Crippen LogP contribution in [0, 0.1) is 6.92 Å². The van der Waals surface area contributed by atoms with Crippen molar-refractivity contribution in [2.45, 2.75) is 32.1 Å². The number of nitrogens with zero attached hydrogens (tertiary/aromatic N) is 4. The van der Waals surface area contributed by atoms with Crippen LogP contribution in [-0.4, -0.2) is 47.1 Å². The van der Waals surface area contributed by atoms with Crippen LogP contribution in [-0.2, 0) is 11.2 Å². The number of anilines is 1. The summed E-state index contributed by atoms with van der Waals surface area (Å²) in [5, 5.41) is 3.86. The maximum absolute atomic E-state index is 12.6. The first-order valence-corrected chi connectivity index (χ1v) is 8.61. The Morgan fingerprint density at radius 1 is 1.25 bits per heavy atom. The highest BCUT2D eigenvalue weighted by Gasteiger charge is 2.29. The number of aromatic nitrogens is 2. The number of fused-ring (bicyclic) bond motifs is 1. The van der Waals surface area contributed by atoms with Crippen LogP contribution in [0.5, 0.6) is 0 Å². The molecule has 0 N–H and O–H groups in total. The molecular formula is C18H22N4O2. The van der Waals surface area contributed by atoms with Gasteiger partial charge in [-0.1, -0.05) is 23.4 Å². The fraction of sp³-hybridized carbons (Fsp3) is 0.500. The molecule has 3 heterocycles. The lowest BCUT2D eigenvalue weighted by atomic mass is 9.96. The fourth-order valence-electron chi connectivity index (χ4n) is 3.69. The van der Waals surface area contributed by atoms with E-state index < -0.39 is 0 Å². The maximum Gasteiger partial charge on any atom is 0.242 e. The first-order valence-electron chi connectivity index (χ1n) is 8.61. The average Bonchev–Trinajstić information content (AvgIpc) is 3.22. The summed E-state index contributed by atoms with van der Waals surface area (Å²) in [4.78, 5) is 21.1. The predicted octanol–water partition coefficient (Wildman–Crippen LogP) is 2.15. The van der Waals surface area contributed by atoms with E-state index in [1.807, 2.05) is 17.9 Å². The van der Waals surface area contributed by atoms with E-state index in [-0.39, 0.29) is 11.8 Å². The number of rotatable bonds is 3. The summed E-state index contributed by atoms with van der Waals surface area (Å²) < 4.78 is 5.27. The molecule has 0 radical (unpaired) electrons. The van der Waals surface area contributed by atoms with Gasteiger partial charge in [0.05, 0.1) is 6.54 Å². The molecule has 0 saturated carbocycles. The van der Waals surface area contributed by atoms with Gasteiger partial charge in [0.2, 0.25) is 11.8 Å². The Morgan fingerprint density at radius 3 is 2.79 bits per heavy atom. The molecule has 1 aromatic heterocycles. The number of aryl methyl sites for hydroxylation is 1. The summed E-state index contributed by atoms with van der Waals surface area (Å²) in [6, 6.07) is 8.37. The first-order chi connectivity index (χ1) is 11.7. The summed E-state index contributed by atoms with van der Waals surface area (Å²) >= 11 is 0. The van der Waals surface area contributed by atoms with Crippen LogP contribution in [0.25, 0.3) is 0 Å². The number of carbonyl (C=O) groups is 1. The molecule has 4 rings (SSSR count). The van der Waals surface area contributed by atoms with Gasteiger partial charge in [-0.2, -0.15) is 4.98 Å². The summed E-state index contributed by atoms with van der Waals surface area (Å²) in [5.74, 6) is 1.89. The van der Waals surface area contributed by atoms with Crippen molar-refractivity contribution < 1.29 is 9.32 Å². The molecular weight excluding hydrogens is 304 g/mol. The predicted molar refractivity (Wildman–Crippen MR) is 89.9 cm³/mol.